The molecule has 0 saturated heterocycles. The number of aromatic nitrogens is 3. The van der Waals surface area contributed by atoms with Crippen LogP contribution in [0, 0.1) is 0 Å². The first-order chi connectivity index (χ1) is 7.74. The molecule has 16 heavy (non-hydrogen) atoms. The van der Waals surface area contributed by atoms with E-state index in [4.69, 9.17) is 9.84 Å². The molecule has 2 heterocycles. The standard InChI is InChI=1S/C10H9N3O3/c14-10(15)7-13-6-8(5-12-13)16-9-3-1-2-4-11-9/h1-6H,7H2,(H,14,15). The zero-order chi connectivity index (χ0) is 11.4. The van der Waals surface area contributed by atoms with Gasteiger partial charge in [0.05, 0.1) is 12.4 Å². The fourth-order valence-corrected chi connectivity index (χ4v) is 1.15. The number of nitrogens with zero attached hydrogens (tertiary/aromatic N) is 3. The molecule has 2 aromatic heterocycles. The van der Waals surface area contributed by atoms with Gasteiger partial charge in [-0.25, -0.2) is 4.98 Å². The molecule has 0 spiro atoms. The van der Waals surface area contributed by atoms with Crippen LogP contribution < -0.4 is 4.74 Å². The number of carbonyl (C=O) groups is 1. The molecule has 0 amide bonds. The Morgan fingerprint density at radius 2 is 2.38 bits per heavy atom. The highest BCUT2D eigenvalue weighted by atomic mass is 16.5. The molecule has 0 saturated carbocycles. The van der Waals surface area contributed by atoms with E-state index in [1.165, 1.54) is 17.1 Å². The van der Waals surface area contributed by atoms with E-state index in [1.807, 2.05) is 0 Å². The number of hydrogen-bond acceptors (Lipinski definition) is 4. The lowest BCUT2D eigenvalue weighted by atomic mass is 10.5. The lowest BCUT2D eigenvalue weighted by Gasteiger charge is -1.99. The summed E-state index contributed by atoms with van der Waals surface area (Å²) in [6.07, 6.45) is 4.55. The molecule has 0 atom stereocenters. The molecule has 0 aromatic carbocycles. The van der Waals surface area contributed by atoms with Crippen molar-refractivity contribution in [3.8, 4) is 11.6 Å². The van der Waals surface area contributed by atoms with Crippen LogP contribution in [0.5, 0.6) is 11.6 Å². The second kappa shape index (κ2) is 4.43. The van der Waals surface area contributed by atoms with Crippen LogP contribution >= 0.6 is 0 Å². The van der Waals surface area contributed by atoms with Gasteiger partial charge in [0.2, 0.25) is 5.88 Å². The van der Waals surface area contributed by atoms with Crippen molar-refractivity contribution in [3.63, 3.8) is 0 Å². The lowest BCUT2D eigenvalue weighted by molar-refractivity contribution is -0.137. The highest BCUT2D eigenvalue weighted by Crippen LogP contribution is 2.17. The molecular weight excluding hydrogens is 210 g/mol. The first-order valence-electron chi connectivity index (χ1n) is 4.57. The topological polar surface area (TPSA) is 77.2 Å². The van der Waals surface area contributed by atoms with Crippen molar-refractivity contribution in [2.75, 3.05) is 0 Å². The highest BCUT2D eigenvalue weighted by Gasteiger charge is 2.04. The van der Waals surface area contributed by atoms with Gasteiger partial charge in [0.25, 0.3) is 0 Å². The molecule has 6 nitrogen and oxygen atoms in total. The summed E-state index contributed by atoms with van der Waals surface area (Å²) < 4.78 is 6.63. The lowest BCUT2D eigenvalue weighted by Crippen LogP contribution is -2.08. The number of pyridine rings is 1. The third-order valence-corrected chi connectivity index (χ3v) is 1.77. The Morgan fingerprint density at radius 3 is 3.06 bits per heavy atom. The van der Waals surface area contributed by atoms with Gasteiger partial charge in [0.15, 0.2) is 5.75 Å². The summed E-state index contributed by atoms with van der Waals surface area (Å²) in [5.41, 5.74) is 0. The number of rotatable bonds is 4. The van der Waals surface area contributed by atoms with Crippen LogP contribution in [-0.2, 0) is 11.3 Å². The molecule has 0 unspecified atom stereocenters. The fourth-order valence-electron chi connectivity index (χ4n) is 1.15. The Morgan fingerprint density at radius 1 is 1.50 bits per heavy atom. The predicted molar refractivity (Wildman–Crippen MR) is 54.2 cm³/mol. The summed E-state index contributed by atoms with van der Waals surface area (Å²) in [7, 11) is 0. The van der Waals surface area contributed by atoms with E-state index in [0.29, 0.717) is 11.6 Å². The smallest absolute Gasteiger partial charge is 0.325 e. The Bertz CT molecular complexity index is 481. The van der Waals surface area contributed by atoms with Crippen molar-refractivity contribution in [3.05, 3.63) is 36.8 Å². The van der Waals surface area contributed by atoms with E-state index in [0.717, 1.165) is 0 Å². The minimum atomic E-state index is -0.951. The predicted octanol–water partition coefficient (Wildman–Crippen LogP) is 1.16. The molecular formula is C10H9N3O3. The Kier molecular flexibility index (Phi) is 2.81. The van der Waals surface area contributed by atoms with E-state index in [-0.39, 0.29) is 6.54 Å². The first kappa shape index (κ1) is 10.2. The largest absolute Gasteiger partial charge is 0.480 e. The highest BCUT2D eigenvalue weighted by molar-refractivity contribution is 5.66. The Balaban J connectivity index is 2.06. The van der Waals surface area contributed by atoms with Gasteiger partial charge in [-0.15, -0.1) is 0 Å². The van der Waals surface area contributed by atoms with Crippen molar-refractivity contribution < 1.29 is 14.6 Å². The van der Waals surface area contributed by atoms with Gasteiger partial charge in [-0.2, -0.15) is 5.10 Å². The second-order valence-electron chi connectivity index (χ2n) is 3.04. The van der Waals surface area contributed by atoms with Crippen LogP contribution in [0.1, 0.15) is 0 Å². The van der Waals surface area contributed by atoms with Gasteiger partial charge in [-0.1, -0.05) is 6.07 Å². The van der Waals surface area contributed by atoms with Crippen molar-refractivity contribution in [2.45, 2.75) is 6.54 Å². The van der Waals surface area contributed by atoms with E-state index < -0.39 is 5.97 Å². The number of carboxylic acids is 1. The summed E-state index contributed by atoms with van der Waals surface area (Å²) in [6.45, 7) is -0.189. The number of aliphatic carboxylic acids is 1. The van der Waals surface area contributed by atoms with Gasteiger partial charge in [0.1, 0.15) is 6.54 Å². The minimum absolute atomic E-state index is 0.189. The first-order valence-corrected chi connectivity index (χ1v) is 4.57. The Labute approximate surface area is 91.1 Å². The molecule has 0 radical (unpaired) electrons. The number of ether oxygens (including phenoxy) is 1. The third kappa shape index (κ3) is 2.57. The van der Waals surface area contributed by atoms with Gasteiger partial charge in [-0.3, -0.25) is 9.48 Å². The molecule has 82 valence electrons. The second-order valence-corrected chi connectivity index (χ2v) is 3.04. The van der Waals surface area contributed by atoms with Crippen molar-refractivity contribution >= 4 is 5.97 Å². The van der Waals surface area contributed by atoms with Crippen LogP contribution in [0.15, 0.2) is 36.8 Å². The van der Waals surface area contributed by atoms with Crippen LogP contribution in [0.4, 0.5) is 0 Å². The van der Waals surface area contributed by atoms with Gasteiger partial charge < -0.3 is 9.84 Å². The zero-order valence-corrected chi connectivity index (χ0v) is 8.28. The van der Waals surface area contributed by atoms with Crippen LogP contribution in [0.25, 0.3) is 0 Å². The quantitative estimate of drug-likeness (QED) is 0.834. The van der Waals surface area contributed by atoms with E-state index >= 15 is 0 Å². The molecule has 0 fully saturated rings. The van der Waals surface area contributed by atoms with E-state index in [9.17, 15) is 4.79 Å². The van der Waals surface area contributed by atoms with Crippen molar-refractivity contribution in [1.29, 1.82) is 0 Å². The average molecular weight is 219 g/mol. The summed E-state index contributed by atoms with van der Waals surface area (Å²) >= 11 is 0. The third-order valence-electron chi connectivity index (χ3n) is 1.77. The molecule has 2 rings (SSSR count). The van der Waals surface area contributed by atoms with E-state index in [2.05, 4.69) is 10.1 Å². The zero-order valence-electron chi connectivity index (χ0n) is 8.28. The van der Waals surface area contributed by atoms with Crippen molar-refractivity contribution in [2.24, 2.45) is 0 Å². The maximum atomic E-state index is 10.4. The minimum Gasteiger partial charge on any atom is -0.480 e. The number of carboxylic acid groups (broad SMARTS) is 1. The Hall–Kier alpha value is -2.37. The van der Waals surface area contributed by atoms with Crippen LogP contribution in [0.2, 0.25) is 0 Å². The maximum absolute atomic E-state index is 10.4. The fraction of sp³-hybridized carbons (Fsp3) is 0.100. The summed E-state index contributed by atoms with van der Waals surface area (Å²) in [5.74, 6) is -0.0511. The van der Waals surface area contributed by atoms with Crippen LogP contribution in [-0.4, -0.2) is 25.8 Å². The SMILES string of the molecule is O=C(O)Cn1cc(Oc2ccccn2)cn1. The summed E-state index contributed by atoms with van der Waals surface area (Å²) in [4.78, 5) is 14.4. The normalized spacial score (nSPS) is 10.0. The molecule has 6 heteroatoms. The van der Waals surface area contributed by atoms with E-state index in [1.54, 1.807) is 24.4 Å². The maximum Gasteiger partial charge on any atom is 0.325 e. The van der Waals surface area contributed by atoms with Gasteiger partial charge in [-0.05, 0) is 6.07 Å². The average Bonchev–Trinajstić information content (AvgIpc) is 2.66. The molecule has 0 bridgehead atoms. The molecule has 0 aliphatic rings. The van der Waals surface area contributed by atoms with Gasteiger partial charge >= 0.3 is 5.97 Å². The van der Waals surface area contributed by atoms with Crippen molar-refractivity contribution in [1.82, 2.24) is 14.8 Å². The summed E-state index contributed by atoms with van der Waals surface area (Å²) in [5, 5.41) is 12.4. The van der Waals surface area contributed by atoms with Crippen LogP contribution in [0.3, 0.4) is 0 Å². The monoisotopic (exact) mass is 219 g/mol. The molecule has 0 aliphatic heterocycles. The molecule has 2 aromatic rings. The summed E-state index contributed by atoms with van der Waals surface area (Å²) in [6, 6.07) is 5.28. The molecule has 0 aliphatic carbocycles. The molecule has 1 N–H and O–H groups in total. The number of hydrogen-bond donors (Lipinski definition) is 1. The van der Waals surface area contributed by atoms with Gasteiger partial charge in [0, 0.05) is 12.3 Å².